The van der Waals surface area contributed by atoms with Gasteiger partial charge in [-0.15, -0.1) is 0 Å². The number of nitrogens with one attached hydrogen (secondary N) is 2. The fraction of sp³-hybridized carbons (Fsp3) is 0.500. The first-order valence-electron chi connectivity index (χ1n) is 8.35. The van der Waals surface area contributed by atoms with E-state index in [1.807, 2.05) is 11.3 Å². The maximum Gasteiger partial charge on any atom is 0.274 e. The van der Waals surface area contributed by atoms with Crippen molar-refractivity contribution in [3.63, 3.8) is 0 Å². The van der Waals surface area contributed by atoms with Crippen molar-refractivity contribution in [2.24, 2.45) is 0 Å². The first kappa shape index (κ1) is 15.1. The second-order valence-corrected chi connectivity index (χ2v) is 6.35. The molecule has 8 nitrogen and oxygen atoms in total. The molecule has 0 atom stereocenters. The lowest BCUT2D eigenvalue weighted by molar-refractivity contribution is 0.263. The number of hydrogen-bond acceptors (Lipinski definition) is 6. The Bertz CT molecular complexity index is 937. The van der Waals surface area contributed by atoms with E-state index >= 15 is 0 Å². The van der Waals surface area contributed by atoms with Gasteiger partial charge in [-0.2, -0.15) is 0 Å². The predicted molar refractivity (Wildman–Crippen MR) is 92.4 cm³/mol. The van der Waals surface area contributed by atoms with Gasteiger partial charge in [-0.25, -0.2) is 15.0 Å². The average molecular weight is 327 g/mol. The number of nitrogens with zero attached hydrogens (tertiary/aromatic N) is 5. The number of piperidine rings is 1. The summed E-state index contributed by atoms with van der Waals surface area (Å²) in [6.45, 7) is 4.13. The molecule has 0 spiro atoms. The monoisotopic (exact) mass is 327 g/mol. The molecule has 4 heterocycles. The van der Waals surface area contributed by atoms with E-state index in [4.69, 9.17) is 0 Å². The molecular formula is C16H21N7O. The highest BCUT2D eigenvalue weighted by Gasteiger charge is 2.19. The van der Waals surface area contributed by atoms with E-state index in [1.54, 1.807) is 6.20 Å². The number of aryl methyl sites for hydroxylation is 1. The number of rotatable bonds is 3. The maximum absolute atomic E-state index is 12.4. The zero-order valence-corrected chi connectivity index (χ0v) is 13.9. The molecular weight excluding hydrogens is 306 g/mol. The number of anilines is 1. The van der Waals surface area contributed by atoms with Crippen molar-refractivity contribution in [1.29, 1.82) is 0 Å². The van der Waals surface area contributed by atoms with Gasteiger partial charge in [-0.1, -0.05) is 6.92 Å². The first-order valence-corrected chi connectivity index (χ1v) is 8.35. The maximum atomic E-state index is 12.4. The Labute approximate surface area is 138 Å². The lowest BCUT2D eigenvalue weighted by Gasteiger charge is -2.29. The van der Waals surface area contributed by atoms with Crippen LogP contribution in [0.5, 0.6) is 0 Å². The number of fused-ring (bicyclic) bond motifs is 3. The van der Waals surface area contributed by atoms with Gasteiger partial charge in [0.1, 0.15) is 23.2 Å². The SMILES string of the molecule is CCc1ncc2c(=O)[nH]c3c(NC4CCN(C)CC4)ncnc3n12. The summed E-state index contributed by atoms with van der Waals surface area (Å²) >= 11 is 0. The van der Waals surface area contributed by atoms with Gasteiger partial charge >= 0.3 is 0 Å². The molecule has 4 rings (SSSR count). The molecule has 0 radical (unpaired) electrons. The van der Waals surface area contributed by atoms with Crippen LogP contribution in [0.25, 0.3) is 16.7 Å². The number of H-pyrrole nitrogens is 1. The molecule has 8 heteroatoms. The lowest BCUT2D eigenvalue weighted by Crippen LogP contribution is -2.37. The molecule has 1 aliphatic heterocycles. The molecule has 0 bridgehead atoms. The predicted octanol–water partition coefficient (Wildman–Crippen LogP) is 1.03. The third-order valence-corrected chi connectivity index (χ3v) is 4.72. The molecule has 2 N–H and O–H groups in total. The quantitative estimate of drug-likeness (QED) is 0.747. The fourth-order valence-corrected chi connectivity index (χ4v) is 3.33. The van der Waals surface area contributed by atoms with Crippen LogP contribution in [0.4, 0.5) is 5.82 Å². The van der Waals surface area contributed by atoms with Crippen LogP contribution in [0.15, 0.2) is 17.3 Å². The van der Waals surface area contributed by atoms with Gasteiger partial charge < -0.3 is 15.2 Å². The number of aromatic amines is 1. The van der Waals surface area contributed by atoms with E-state index in [0.717, 1.165) is 38.2 Å². The van der Waals surface area contributed by atoms with Crippen molar-refractivity contribution in [3.8, 4) is 0 Å². The van der Waals surface area contributed by atoms with Crippen LogP contribution in [-0.4, -0.2) is 55.4 Å². The molecule has 0 aromatic carbocycles. The van der Waals surface area contributed by atoms with Crippen LogP contribution in [0.3, 0.4) is 0 Å². The van der Waals surface area contributed by atoms with Gasteiger partial charge in [-0.3, -0.25) is 9.20 Å². The number of imidazole rings is 1. The Morgan fingerprint density at radius 3 is 2.83 bits per heavy atom. The van der Waals surface area contributed by atoms with Gasteiger partial charge in [0.2, 0.25) is 0 Å². The highest BCUT2D eigenvalue weighted by Crippen LogP contribution is 2.21. The molecule has 1 saturated heterocycles. The van der Waals surface area contributed by atoms with Gasteiger partial charge in [0.25, 0.3) is 5.56 Å². The number of hydrogen-bond donors (Lipinski definition) is 2. The molecule has 1 aliphatic rings. The Balaban J connectivity index is 1.82. The summed E-state index contributed by atoms with van der Waals surface area (Å²) in [7, 11) is 2.13. The summed E-state index contributed by atoms with van der Waals surface area (Å²) in [5.74, 6) is 1.51. The molecule has 1 fully saturated rings. The summed E-state index contributed by atoms with van der Waals surface area (Å²) in [5, 5.41) is 3.48. The van der Waals surface area contributed by atoms with Crippen molar-refractivity contribution < 1.29 is 0 Å². The molecule has 0 amide bonds. The Morgan fingerprint density at radius 1 is 1.29 bits per heavy atom. The smallest absolute Gasteiger partial charge is 0.274 e. The fourth-order valence-electron chi connectivity index (χ4n) is 3.33. The van der Waals surface area contributed by atoms with Crippen molar-refractivity contribution in [1.82, 2.24) is 29.2 Å². The van der Waals surface area contributed by atoms with Gasteiger partial charge in [-0.05, 0) is 33.0 Å². The van der Waals surface area contributed by atoms with Crippen LogP contribution in [0.2, 0.25) is 0 Å². The van der Waals surface area contributed by atoms with Crippen molar-refractivity contribution >= 4 is 22.5 Å². The minimum absolute atomic E-state index is 0.170. The minimum atomic E-state index is -0.170. The van der Waals surface area contributed by atoms with Crippen LogP contribution in [0, 0.1) is 0 Å². The molecule has 0 saturated carbocycles. The molecule has 3 aromatic heterocycles. The average Bonchev–Trinajstić information content (AvgIpc) is 3.03. The van der Waals surface area contributed by atoms with Crippen LogP contribution < -0.4 is 10.9 Å². The topological polar surface area (TPSA) is 91.2 Å². The largest absolute Gasteiger partial charge is 0.365 e. The number of likely N-dealkylation sites (tertiary alicyclic amines) is 1. The van der Waals surface area contributed by atoms with E-state index in [-0.39, 0.29) is 5.56 Å². The lowest BCUT2D eigenvalue weighted by atomic mass is 10.1. The third-order valence-electron chi connectivity index (χ3n) is 4.72. The van der Waals surface area contributed by atoms with Crippen molar-refractivity contribution in [3.05, 3.63) is 28.7 Å². The van der Waals surface area contributed by atoms with Crippen molar-refractivity contribution in [2.45, 2.75) is 32.2 Å². The summed E-state index contributed by atoms with van der Waals surface area (Å²) in [5.41, 5.74) is 1.67. The van der Waals surface area contributed by atoms with E-state index in [1.165, 1.54) is 6.33 Å². The standard InChI is InChI=1S/C16H21N7O/c1-3-12-17-8-11-16(24)21-13-14(18-9-19-15(13)23(11)12)20-10-4-6-22(2)7-5-10/h8-10H,3-7H2,1-2H3,(H,21,24)(H,18,19,20). The molecule has 126 valence electrons. The van der Waals surface area contributed by atoms with Gasteiger partial charge in [0.15, 0.2) is 11.5 Å². The van der Waals surface area contributed by atoms with Gasteiger partial charge in [0, 0.05) is 12.5 Å². The number of aromatic nitrogens is 5. The van der Waals surface area contributed by atoms with Gasteiger partial charge in [0.05, 0.1) is 6.20 Å². The molecule has 24 heavy (non-hydrogen) atoms. The second kappa shape index (κ2) is 5.86. The zero-order chi connectivity index (χ0) is 16.7. The Kier molecular flexibility index (Phi) is 3.68. The molecule has 0 aliphatic carbocycles. The van der Waals surface area contributed by atoms with Crippen LogP contribution in [-0.2, 0) is 6.42 Å². The van der Waals surface area contributed by atoms with Crippen molar-refractivity contribution in [2.75, 3.05) is 25.5 Å². The normalized spacial score (nSPS) is 16.9. The first-order chi connectivity index (χ1) is 11.7. The third kappa shape index (κ3) is 2.43. The summed E-state index contributed by atoms with van der Waals surface area (Å²) in [6.07, 6.45) is 5.98. The summed E-state index contributed by atoms with van der Waals surface area (Å²) in [6, 6.07) is 0.354. The zero-order valence-electron chi connectivity index (χ0n) is 13.9. The Hall–Kier alpha value is -2.48. The summed E-state index contributed by atoms with van der Waals surface area (Å²) < 4.78 is 1.83. The van der Waals surface area contributed by atoms with E-state index in [0.29, 0.717) is 28.5 Å². The highest BCUT2D eigenvalue weighted by atomic mass is 16.1. The molecule has 3 aromatic rings. The minimum Gasteiger partial charge on any atom is -0.365 e. The van der Waals surface area contributed by atoms with E-state index in [2.05, 4.69) is 37.2 Å². The molecule has 0 unspecified atom stereocenters. The van der Waals surface area contributed by atoms with E-state index in [9.17, 15) is 4.79 Å². The Morgan fingerprint density at radius 2 is 2.08 bits per heavy atom. The highest BCUT2D eigenvalue weighted by molar-refractivity contribution is 5.84. The summed E-state index contributed by atoms with van der Waals surface area (Å²) in [4.78, 5) is 30.7. The van der Waals surface area contributed by atoms with Crippen LogP contribution >= 0.6 is 0 Å². The van der Waals surface area contributed by atoms with Crippen LogP contribution in [0.1, 0.15) is 25.6 Å². The van der Waals surface area contributed by atoms with E-state index < -0.39 is 0 Å². The second-order valence-electron chi connectivity index (χ2n) is 6.35.